The molecule has 1 aliphatic carbocycles. The van der Waals surface area contributed by atoms with Crippen LogP contribution in [0.1, 0.15) is 58.3 Å². The summed E-state index contributed by atoms with van der Waals surface area (Å²) in [4.78, 5) is 0. The van der Waals surface area contributed by atoms with Crippen LogP contribution in [-0.4, -0.2) is 18.8 Å². The molecule has 3 rings (SSSR count). The van der Waals surface area contributed by atoms with E-state index in [-0.39, 0.29) is 24.9 Å². The van der Waals surface area contributed by atoms with Gasteiger partial charge in [-0.15, -0.1) is 0 Å². The maximum atomic E-state index is 14.5. The van der Waals surface area contributed by atoms with Gasteiger partial charge in [0.2, 0.25) is 0 Å². The fourth-order valence-corrected chi connectivity index (χ4v) is 4.49. The second-order valence-corrected chi connectivity index (χ2v) is 8.08. The molecule has 0 bridgehead atoms. The summed E-state index contributed by atoms with van der Waals surface area (Å²) < 4.78 is 79.0. The van der Waals surface area contributed by atoms with Gasteiger partial charge in [0, 0.05) is 18.7 Å². The Kier molecular flexibility index (Phi) is 6.84. The summed E-state index contributed by atoms with van der Waals surface area (Å²) in [5.41, 5.74) is 0. The number of alkyl halides is 2. The zero-order valence-electron chi connectivity index (χ0n) is 16.0. The van der Waals surface area contributed by atoms with Crippen molar-refractivity contribution < 1.29 is 31.4 Å². The molecule has 158 valence electrons. The van der Waals surface area contributed by atoms with Gasteiger partial charge in [-0.1, -0.05) is 13.3 Å². The molecule has 1 aromatic carbocycles. The molecule has 0 N–H and O–H groups in total. The quantitative estimate of drug-likeness (QED) is 0.398. The summed E-state index contributed by atoms with van der Waals surface area (Å²) in [6.45, 7) is 2.91. The predicted octanol–water partition coefficient (Wildman–Crippen LogP) is 6.48. The van der Waals surface area contributed by atoms with Crippen molar-refractivity contribution in [2.24, 2.45) is 17.8 Å². The van der Waals surface area contributed by atoms with Gasteiger partial charge in [0.15, 0.2) is 17.5 Å². The Morgan fingerprint density at radius 3 is 2.18 bits per heavy atom. The largest absolute Gasteiger partial charge is 0.432 e. The van der Waals surface area contributed by atoms with E-state index in [9.17, 15) is 22.0 Å². The lowest BCUT2D eigenvalue weighted by Gasteiger charge is -2.39. The lowest BCUT2D eigenvalue weighted by Crippen LogP contribution is -2.40. The average molecular weight is 406 g/mol. The third kappa shape index (κ3) is 4.97. The minimum absolute atomic E-state index is 0.129. The molecule has 1 aliphatic heterocycles. The SMILES string of the molecule is CCC[C@@H]1CC[C@@H](C2CCC(C(F)(F)Oc3cc(F)c(F)c(F)c3)CC2)OC1. The van der Waals surface area contributed by atoms with Crippen LogP contribution >= 0.6 is 0 Å². The first kappa shape index (κ1) is 21.3. The molecule has 2 fully saturated rings. The molecular formula is C21H27F5O2. The Morgan fingerprint density at radius 2 is 1.64 bits per heavy atom. The van der Waals surface area contributed by atoms with Crippen LogP contribution in [0.4, 0.5) is 22.0 Å². The van der Waals surface area contributed by atoms with Crippen molar-refractivity contribution in [1.82, 2.24) is 0 Å². The van der Waals surface area contributed by atoms with Crippen LogP contribution in [0.2, 0.25) is 0 Å². The maximum Gasteiger partial charge on any atom is 0.400 e. The smallest absolute Gasteiger partial charge is 0.400 e. The summed E-state index contributed by atoms with van der Waals surface area (Å²) >= 11 is 0. The summed E-state index contributed by atoms with van der Waals surface area (Å²) in [7, 11) is 0. The second-order valence-electron chi connectivity index (χ2n) is 8.08. The van der Waals surface area contributed by atoms with Crippen molar-refractivity contribution in [2.75, 3.05) is 6.61 Å². The zero-order valence-corrected chi connectivity index (χ0v) is 16.0. The van der Waals surface area contributed by atoms with Gasteiger partial charge in [-0.2, -0.15) is 8.78 Å². The Morgan fingerprint density at radius 1 is 1.00 bits per heavy atom. The first-order valence-corrected chi connectivity index (χ1v) is 10.1. The van der Waals surface area contributed by atoms with E-state index < -0.39 is 35.2 Å². The van der Waals surface area contributed by atoms with Crippen LogP contribution in [0.5, 0.6) is 5.75 Å². The van der Waals surface area contributed by atoms with E-state index in [1.54, 1.807) is 0 Å². The Hall–Kier alpha value is -1.37. The molecule has 28 heavy (non-hydrogen) atoms. The van der Waals surface area contributed by atoms with Gasteiger partial charge in [0.1, 0.15) is 5.75 Å². The minimum Gasteiger partial charge on any atom is -0.432 e. The Balaban J connectivity index is 1.52. The third-order valence-corrected chi connectivity index (χ3v) is 6.09. The summed E-state index contributed by atoms with van der Waals surface area (Å²) in [6.07, 6.45) is 2.68. The molecule has 0 spiro atoms. The van der Waals surface area contributed by atoms with Gasteiger partial charge in [-0.25, -0.2) is 13.2 Å². The molecule has 1 aromatic rings. The van der Waals surface area contributed by atoms with Crippen LogP contribution < -0.4 is 4.74 Å². The van der Waals surface area contributed by atoms with Crippen LogP contribution in [-0.2, 0) is 4.74 Å². The fourth-order valence-electron chi connectivity index (χ4n) is 4.49. The topological polar surface area (TPSA) is 18.5 Å². The van der Waals surface area contributed by atoms with Crippen LogP contribution in [0, 0.1) is 35.2 Å². The highest BCUT2D eigenvalue weighted by atomic mass is 19.3. The van der Waals surface area contributed by atoms with Crippen molar-refractivity contribution >= 4 is 0 Å². The molecule has 0 aromatic heterocycles. The van der Waals surface area contributed by atoms with Crippen molar-refractivity contribution in [3.05, 3.63) is 29.6 Å². The van der Waals surface area contributed by atoms with Crippen LogP contribution in [0.3, 0.4) is 0 Å². The van der Waals surface area contributed by atoms with Crippen molar-refractivity contribution in [2.45, 2.75) is 70.5 Å². The number of hydrogen-bond acceptors (Lipinski definition) is 2. The average Bonchev–Trinajstić information content (AvgIpc) is 2.67. The summed E-state index contributed by atoms with van der Waals surface area (Å²) in [6, 6.07) is 0.890. The third-order valence-electron chi connectivity index (χ3n) is 6.09. The molecule has 2 atom stereocenters. The first-order valence-electron chi connectivity index (χ1n) is 10.1. The summed E-state index contributed by atoms with van der Waals surface area (Å²) in [5.74, 6) is -5.69. The van der Waals surface area contributed by atoms with Gasteiger partial charge in [0.25, 0.3) is 0 Å². The van der Waals surface area contributed by atoms with Gasteiger partial charge < -0.3 is 9.47 Å². The monoisotopic (exact) mass is 406 g/mol. The van der Waals surface area contributed by atoms with E-state index in [0.29, 0.717) is 30.9 Å². The van der Waals surface area contributed by atoms with E-state index >= 15 is 0 Å². The van der Waals surface area contributed by atoms with Crippen LogP contribution in [0.25, 0.3) is 0 Å². The molecule has 1 heterocycles. The van der Waals surface area contributed by atoms with E-state index in [0.717, 1.165) is 32.3 Å². The van der Waals surface area contributed by atoms with Crippen molar-refractivity contribution in [3.8, 4) is 5.75 Å². The maximum absolute atomic E-state index is 14.5. The highest BCUT2D eigenvalue weighted by Gasteiger charge is 2.45. The lowest BCUT2D eigenvalue weighted by molar-refractivity contribution is -0.225. The molecule has 2 nitrogen and oxygen atoms in total. The lowest BCUT2D eigenvalue weighted by atomic mass is 9.76. The molecule has 0 radical (unpaired) electrons. The van der Waals surface area contributed by atoms with E-state index in [1.807, 2.05) is 0 Å². The van der Waals surface area contributed by atoms with E-state index in [2.05, 4.69) is 11.7 Å². The number of benzene rings is 1. The fraction of sp³-hybridized carbons (Fsp3) is 0.714. The van der Waals surface area contributed by atoms with E-state index in [1.165, 1.54) is 0 Å². The number of ether oxygens (including phenoxy) is 2. The molecule has 1 saturated carbocycles. The van der Waals surface area contributed by atoms with Crippen molar-refractivity contribution in [1.29, 1.82) is 0 Å². The Bertz CT molecular complexity index is 627. The number of halogens is 5. The zero-order chi connectivity index (χ0) is 20.3. The molecule has 7 heteroatoms. The minimum atomic E-state index is -3.57. The normalized spacial score (nSPS) is 28.9. The van der Waals surface area contributed by atoms with E-state index in [4.69, 9.17) is 4.74 Å². The molecule has 2 aliphatic rings. The van der Waals surface area contributed by atoms with Gasteiger partial charge in [-0.05, 0) is 56.8 Å². The summed E-state index contributed by atoms with van der Waals surface area (Å²) in [5, 5.41) is 0. The highest BCUT2D eigenvalue weighted by molar-refractivity contribution is 5.25. The first-order chi connectivity index (χ1) is 13.3. The second kappa shape index (κ2) is 8.97. The Labute approximate surface area is 162 Å². The van der Waals surface area contributed by atoms with Crippen molar-refractivity contribution in [3.63, 3.8) is 0 Å². The highest BCUT2D eigenvalue weighted by Crippen LogP contribution is 2.43. The molecule has 1 saturated heterocycles. The molecular weight excluding hydrogens is 379 g/mol. The number of rotatable bonds is 6. The van der Waals surface area contributed by atoms with Gasteiger partial charge in [0.05, 0.1) is 12.0 Å². The predicted molar refractivity (Wildman–Crippen MR) is 94.7 cm³/mol. The standard InChI is InChI=1S/C21H27F5O2/c1-2-3-13-4-9-19(27-12-13)14-5-7-15(8-6-14)21(25,26)28-16-10-17(22)20(24)18(23)11-16/h10-11,13-15,19H,2-9,12H2,1H3/t13-,14?,15?,19+/m1/s1. The van der Waals surface area contributed by atoms with Gasteiger partial charge in [-0.3, -0.25) is 0 Å². The molecule has 0 unspecified atom stereocenters. The number of hydrogen-bond donors (Lipinski definition) is 0. The molecule has 0 amide bonds. The van der Waals surface area contributed by atoms with Crippen LogP contribution in [0.15, 0.2) is 12.1 Å². The van der Waals surface area contributed by atoms with Gasteiger partial charge >= 0.3 is 6.11 Å².